The van der Waals surface area contributed by atoms with Crippen LogP contribution in [-0.4, -0.2) is 27.3 Å². The largest absolute Gasteiger partial charge is 0.457 e. The van der Waals surface area contributed by atoms with E-state index in [1.54, 1.807) is 12.1 Å². The van der Waals surface area contributed by atoms with Crippen molar-refractivity contribution >= 4 is 51.0 Å². The van der Waals surface area contributed by atoms with E-state index in [1.807, 2.05) is 47.4 Å². The van der Waals surface area contributed by atoms with Crippen molar-refractivity contribution in [2.24, 2.45) is 5.92 Å². The fraction of sp³-hybridized carbons (Fsp3) is 0.296. The van der Waals surface area contributed by atoms with Crippen molar-refractivity contribution in [1.82, 2.24) is 4.90 Å². The number of para-hydroxylation sites is 1. The van der Waals surface area contributed by atoms with Crippen molar-refractivity contribution in [1.29, 1.82) is 0 Å². The summed E-state index contributed by atoms with van der Waals surface area (Å²) in [4.78, 5) is 26.9. The second kappa shape index (κ2) is 10.5. The molecule has 36 heavy (non-hydrogen) atoms. The van der Waals surface area contributed by atoms with E-state index in [0.717, 1.165) is 24.9 Å². The van der Waals surface area contributed by atoms with Crippen LogP contribution in [0.3, 0.4) is 0 Å². The van der Waals surface area contributed by atoms with Crippen LogP contribution in [0.2, 0.25) is 0 Å². The molecule has 2 aliphatic rings. The lowest BCUT2D eigenvalue weighted by Gasteiger charge is -2.39. The highest BCUT2D eigenvalue weighted by Crippen LogP contribution is 2.42. The first-order valence-corrected chi connectivity index (χ1v) is 13.6. The third kappa shape index (κ3) is 5.08. The first-order valence-electron chi connectivity index (χ1n) is 12.0. The van der Waals surface area contributed by atoms with Gasteiger partial charge in [-0.3, -0.25) is 14.9 Å². The fourth-order valence-electron chi connectivity index (χ4n) is 4.89. The Labute approximate surface area is 222 Å². The summed E-state index contributed by atoms with van der Waals surface area (Å²) >= 11 is 4.91. The summed E-state index contributed by atoms with van der Waals surface area (Å²) in [5, 5.41) is 14.6. The summed E-state index contributed by atoms with van der Waals surface area (Å²) in [5.74, 6) is 1.58. The van der Waals surface area contributed by atoms with Gasteiger partial charge in [0.1, 0.15) is 11.5 Å². The molecule has 1 saturated carbocycles. The lowest BCUT2D eigenvalue weighted by molar-refractivity contribution is -0.384. The zero-order chi connectivity index (χ0) is 25.2. The second-order valence-corrected chi connectivity index (χ2v) is 11.1. The smallest absolute Gasteiger partial charge is 0.270 e. The van der Waals surface area contributed by atoms with Crippen molar-refractivity contribution < 1.29 is 14.1 Å². The molecule has 1 aliphatic heterocycles. The van der Waals surface area contributed by atoms with Gasteiger partial charge in [0.05, 0.1) is 9.83 Å². The van der Waals surface area contributed by atoms with E-state index >= 15 is 0 Å². The molecule has 1 aliphatic carbocycles. The number of anilines is 1. The van der Waals surface area contributed by atoms with E-state index in [0.29, 0.717) is 32.4 Å². The Bertz CT molecular complexity index is 1310. The van der Waals surface area contributed by atoms with Gasteiger partial charge in [-0.15, -0.1) is 0 Å². The molecule has 2 aromatic carbocycles. The Kier molecular flexibility index (Phi) is 7.20. The molecule has 1 amide bonds. The number of rotatable bonds is 6. The number of nitrogens with one attached hydrogen (secondary N) is 1. The maximum atomic E-state index is 13.7. The summed E-state index contributed by atoms with van der Waals surface area (Å²) < 4.78 is 6.61. The highest BCUT2D eigenvalue weighted by atomic mass is 79.9. The van der Waals surface area contributed by atoms with Crippen molar-refractivity contribution in [3.05, 3.63) is 85.9 Å². The summed E-state index contributed by atoms with van der Waals surface area (Å²) in [6, 6.07) is 18.3. The van der Waals surface area contributed by atoms with E-state index in [2.05, 4.69) is 28.2 Å². The van der Waals surface area contributed by atoms with Gasteiger partial charge in [-0.05, 0) is 65.0 Å². The molecule has 0 bridgehead atoms. The maximum Gasteiger partial charge on any atom is 0.270 e. The molecule has 9 heteroatoms. The van der Waals surface area contributed by atoms with Crippen LogP contribution < -0.4 is 5.32 Å². The molecule has 1 saturated heterocycles. The summed E-state index contributed by atoms with van der Waals surface area (Å²) in [7, 11) is 0. The van der Waals surface area contributed by atoms with E-state index in [4.69, 9.17) is 4.42 Å². The Morgan fingerprint density at radius 2 is 1.92 bits per heavy atom. The molecule has 1 N–H and O–H groups in total. The highest BCUT2D eigenvalue weighted by molar-refractivity contribution is 9.10. The Hall–Kier alpha value is -3.04. The molecule has 1 aromatic heterocycles. The number of benzene rings is 2. The number of carbonyl (C=O) groups is 1. The average Bonchev–Trinajstić information content (AvgIpc) is 3.44. The Morgan fingerprint density at radius 1 is 1.14 bits per heavy atom. The van der Waals surface area contributed by atoms with Crippen LogP contribution in [0.25, 0.3) is 17.4 Å². The minimum absolute atomic E-state index is 0.00136. The number of thioether (sulfide) groups is 1. The molecular weight excluding hydrogens is 542 g/mol. The SMILES string of the molecule is C[C@@H]1CCCC[C@H]1N1C(=O)/C(=C/c2ccc(-c3ccc([N+](=O)[O-])cc3Br)o2)SC1Nc1ccccc1. The van der Waals surface area contributed by atoms with Crippen molar-refractivity contribution in [3.63, 3.8) is 0 Å². The molecule has 2 heterocycles. The molecule has 3 atom stereocenters. The lowest BCUT2D eigenvalue weighted by atomic mass is 9.85. The molecule has 186 valence electrons. The van der Waals surface area contributed by atoms with Gasteiger partial charge in [-0.2, -0.15) is 0 Å². The summed E-state index contributed by atoms with van der Waals surface area (Å²) in [6.07, 6.45) is 6.27. The normalized spacial score (nSPS) is 23.3. The lowest BCUT2D eigenvalue weighted by Crippen LogP contribution is -2.48. The zero-order valence-corrected chi connectivity index (χ0v) is 22.1. The quantitative estimate of drug-likeness (QED) is 0.188. The monoisotopic (exact) mass is 567 g/mol. The van der Waals surface area contributed by atoms with Crippen molar-refractivity contribution in [2.75, 3.05) is 5.32 Å². The van der Waals surface area contributed by atoms with Crippen LogP contribution >= 0.6 is 27.7 Å². The van der Waals surface area contributed by atoms with Crippen LogP contribution in [0.15, 0.2) is 74.5 Å². The van der Waals surface area contributed by atoms with Crippen LogP contribution in [-0.2, 0) is 4.79 Å². The number of hydrogen-bond donors (Lipinski definition) is 1. The molecule has 0 radical (unpaired) electrons. The predicted octanol–water partition coefficient (Wildman–Crippen LogP) is 7.51. The van der Waals surface area contributed by atoms with Crippen LogP contribution in [0.1, 0.15) is 38.4 Å². The third-order valence-electron chi connectivity index (χ3n) is 6.75. The molecule has 1 unspecified atom stereocenters. The van der Waals surface area contributed by atoms with Crippen LogP contribution in [0.4, 0.5) is 11.4 Å². The van der Waals surface area contributed by atoms with Gasteiger partial charge in [0.2, 0.25) is 0 Å². The average molecular weight is 568 g/mol. The number of nitro benzene ring substituents is 1. The first kappa shape index (κ1) is 24.6. The number of hydrogen-bond acceptors (Lipinski definition) is 6. The minimum atomic E-state index is -0.436. The van der Waals surface area contributed by atoms with Crippen molar-refractivity contribution in [3.8, 4) is 11.3 Å². The topological polar surface area (TPSA) is 88.6 Å². The molecule has 3 aromatic rings. The Balaban J connectivity index is 1.42. The van der Waals surface area contributed by atoms with Gasteiger partial charge in [0.15, 0.2) is 5.50 Å². The number of amides is 1. The van der Waals surface area contributed by atoms with Gasteiger partial charge in [-0.25, -0.2) is 0 Å². The number of non-ortho nitro benzene ring substituents is 1. The van der Waals surface area contributed by atoms with Crippen LogP contribution in [0.5, 0.6) is 0 Å². The summed E-state index contributed by atoms with van der Waals surface area (Å²) in [5.41, 5.74) is 1.48. The van der Waals surface area contributed by atoms with Gasteiger partial charge in [0, 0.05) is 40.0 Å². The standard InChI is InChI=1S/C27H26BrN3O4S/c1-17-7-5-6-10-23(17)30-26(32)25(36-27(30)29-18-8-3-2-4-9-18)16-20-12-14-24(35-20)21-13-11-19(31(33)34)15-22(21)28/h2-4,8-9,11-17,23,27,29H,5-7,10H2,1H3/b25-16-/t17-,23-,27?/m1/s1. The van der Waals surface area contributed by atoms with Gasteiger partial charge in [-0.1, -0.05) is 49.7 Å². The molecule has 2 fully saturated rings. The molecule has 7 nitrogen and oxygen atoms in total. The third-order valence-corrected chi connectivity index (χ3v) is 8.52. The van der Waals surface area contributed by atoms with E-state index < -0.39 is 4.92 Å². The van der Waals surface area contributed by atoms with E-state index in [1.165, 1.54) is 30.3 Å². The minimum Gasteiger partial charge on any atom is -0.457 e. The Morgan fingerprint density at radius 3 is 2.64 bits per heavy atom. The van der Waals surface area contributed by atoms with Gasteiger partial charge < -0.3 is 14.6 Å². The second-order valence-electron chi connectivity index (χ2n) is 9.15. The highest BCUT2D eigenvalue weighted by Gasteiger charge is 2.43. The number of nitrogens with zero attached hydrogens (tertiary/aromatic N) is 2. The van der Waals surface area contributed by atoms with E-state index in [9.17, 15) is 14.9 Å². The van der Waals surface area contributed by atoms with E-state index in [-0.39, 0.29) is 23.1 Å². The van der Waals surface area contributed by atoms with Gasteiger partial charge in [0.25, 0.3) is 11.6 Å². The molecular formula is C27H26BrN3O4S. The zero-order valence-electron chi connectivity index (χ0n) is 19.7. The van der Waals surface area contributed by atoms with Gasteiger partial charge >= 0.3 is 0 Å². The number of furan rings is 1. The number of halogens is 1. The van der Waals surface area contributed by atoms with Crippen LogP contribution in [0, 0.1) is 16.0 Å². The molecule has 5 rings (SSSR count). The fourth-order valence-corrected chi connectivity index (χ4v) is 6.64. The maximum absolute atomic E-state index is 13.7. The van der Waals surface area contributed by atoms with Crippen molar-refractivity contribution in [2.45, 2.75) is 44.1 Å². The predicted molar refractivity (Wildman–Crippen MR) is 146 cm³/mol. The summed E-state index contributed by atoms with van der Waals surface area (Å²) in [6.45, 7) is 2.24. The first-order chi connectivity index (χ1) is 17.4. The molecule has 0 spiro atoms. The number of nitro groups is 1. The number of carbonyl (C=O) groups excluding carboxylic acids is 1.